The summed E-state index contributed by atoms with van der Waals surface area (Å²) in [6.07, 6.45) is 0.446. The Labute approximate surface area is 104 Å². The quantitative estimate of drug-likeness (QED) is 0.678. The standard InChI is InChI=1S/C11H16N4O3/c1-11(2,10(17)18)5-6-13-8-4-3-7(9(12)16)14-15-8/h3-4H,5-6H2,1-2H3,(H2,12,16)(H,13,15)(H,17,18). The second-order valence-corrected chi connectivity index (χ2v) is 4.53. The number of aromatic nitrogens is 2. The van der Waals surface area contributed by atoms with Gasteiger partial charge in [0.2, 0.25) is 0 Å². The van der Waals surface area contributed by atoms with Gasteiger partial charge in [-0.05, 0) is 32.4 Å². The van der Waals surface area contributed by atoms with Crippen molar-refractivity contribution >= 4 is 17.7 Å². The van der Waals surface area contributed by atoms with Crippen LogP contribution in [0.2, 0.25) is 0 Å². The molecule has 1 aromatic rings. The average Bonchev–Trinajstić information content (AvgIpc) is 2.29. The third-order valence-corrected chi connectivity index (χ3v) is 2.55. The number of primary amides is 1. The Morgan fingerprint density at radius 2 is 2.06 bits per heavy atom. The maximum atomic E-state index is 10.9. The average molecular weight is 252 g/mol. The van der Waals surface area contributed by atoms with Crippen molar-refractivity contribution in [2.45, 2.75) is 20.3 Å². The molecule has 0 saturated heterocycles. The van der Waals surface area contributed by atoms with Crippen LogP contribution < -0.4 is 11.1 Å². The van der Waals surface area contributed by atoms with Crippen LogP contribution in [0, 0.1) is 5.41 Å². The highest BCUT2D eigenvalue weighted by atomic mass is 16.4. The SMILES string of the molecule is CC(C)(CCNc1ccc(C(N)=O)nn1)C(=O)O. The maximum Gasteiger partial charge on any atom is 0.309 e. The Bertz CT molecular complexity index is 442. The summed E-state index contributed by atoms with van der Waals surface area (Å²) in [5.74, 6) is -1.01. The molecule has 1 rings (SSSR count). The molecule has 0 aliphatic carbocycles. The number of carbonyl (C=O) groups is 2. The summed E-state index contributed by atoms with van der Waals surface area (Å²) in [7, 11) is 0. The van der Waals surface area contributed by atoms with E-state index in [-0.39, 0.29) is 5.69 Å². The highest BCUT2D eigenvalue weighted by molar-refractivity contribution is 5.90. The number of carboxylic acid groups (broad SMARTS) is 1. The monoisotopic (exact) mass is 252 g/mol. The molecule has 0 aliphatic rings. The third-order valence-electron chi connectivity index (χ3n) is 2.55. The largest absolute Gasteiger partial charge is 0.481 e. The van der Waals surface area contributed by atoms with Gasteiger partial charge < -0.3 is 16.2 Å². The summed E-state index contributed by atoms with van der Waals surface area (Å²) in [5.41, 5.74) is 4.32. The molecule has 1 amide bonds. The van der Waals surface area contributed by atoms with E-state index < -0.39 is 17.3 Å². The summed E-state index contributed by atoms with van der Waals surface area (Å²) >= 11 is 0. The first-order valence-electron chi connectivity index (χ1n) is 5.44. The molecule has 4 N–H and O–H groups in total. The Hall–Kier alpha value is -2.18. The van der Waals surface area contributed by atoms with Crippen molar-refractivity contribution in [2.75, 3.05) is 11.9 Å². The van der Waals surface area contributed by atoms with Gasteiger partial charge in [0.1, 0.15) is 5.82 Å². The molecule has 0 unspecified atom stereocenters. The lowest BCUT2D eigenvalue weighted by Gasteiger charge is -2.18. The number of amides is 1. The van der Waals surface area contributed by atoms with Gasteiger partial charge in [-0.25, -0.2) is 0 Å². The Balaban J connectivity index is 2.50. The smallest absolute Gasteiger partial charge is 0.309 e. The molecule has 98 valence electrons. The number of nitrogens with one attached hydrogen (secondary N) is 1. The van der Waals surface area contributed by atoms with Crippen molar-refractivity contribution in [3.05, 3.63) is 17.8 Å². The van der Waals surface area contributed by atoms with Crippen LogP contribution in [0.1, 0.15) is 30.8 Å². The molecular weight excluding hydrogens is 236 g/mol. The van der Waals surface area contributed by atoms with E-state index in [0.717, 1.165) is 0 Å². The van der Waals surface area contributed by atoms with Crippen molar-refractivity contribution in [2.24, 2.45) is 11.1 Å². The van der Waals surface area contributed by atoms with Gasteiger partial charge in [-0.15, -0.1) is 10.2 Å². The molecule has 0 radical (unpaired) electrons. The first kappa shape index (κ1) is 13.9. The molecular formula is C11H16N4O3. The number of hydrogen-bond acceptors (Lipinski definition) is 5. The fourth-order valence-electron chi connectivity index (χ4n) is 1.17. The van der Waals surface area contributed by atoms with E-state index in [4.69, 9.17) is 10.8 Å². The summed E-state index contributed by atoms with van der Waals surface area (Å²) in [6, 6.07) is 3.03. The number of aliphatic carboxylic acids is 1. The number of rotatable bonds is 6. The van der Waals surface area contributed by atoms with Crippen LogP contribution in [0.5, 0.6) is 0 Å². The Kier molecular flexibility index (Phi) is 4.19. The van der Waals surface area contributed by atoms with Gasteiger partial charge in [0.15, 0.2) is 5.69 Å². The van der Waals surface area contributed by atoms with E-state index in [1.54, 1.807) is 19.9 Å². The molecule has 7 nitrogen and oxygen atoms in total. The molecule has 7 heteroatoms. The Morgan fingerprint density at radius 1 is 1.39 bits per heavy atom. The first-order chi connectivity index (χ1) is 8.33. The number of nitrogens with two attached hydrogens (primary N) is 1. The van der Waals surface area contributed by atoms with Crippen LogP contribution in [-0.2, 0) is 4.79 Å². The van der Waals surface area contributed by atoms with E-state index >= 15 is 0 Å². The molecule has 0 saturated carbocycles. The van der Waals surface area contributed by atoms with Crippen molar-refractivity contribution < 1.29 is 14.7 Å². The topological polar surface area (TPSA) is 118 Å². The summed E-state index contributed by atoms with van der Waals surface area (Å²) in [4.78, 5) is 21.6. The van der Waals surface area contributed by atoms with Gasteiger partial charge in [0.25, 0.3) is 5.91 Å². The van der Waals surface area contributed by atoms with Gasteiger partial charge in [0.05, 0.1) is 5.41 Å². The minimum atomic E-state index is -0.848. The van der Waals surface area contributed by atoms with Crippen LogP contribution in [0.15, 0.2) is 12.1 Å². The summed E-state index contributed by atoms with van der Waals surface area (Å²) in [6.45, 7) is 3.75. The van der Waals surface area contributed by atoms with Crippen LogP contribution in [0.4, 0.5) is 5.82 Å². The molecule has 0 aliphatic heterocycles. The first-order valence-corrected chi connectivity index (χ1v) is 5.44. The van der Waals surface area contributed by atoms with E-state index in [1.807, 2.05) is 0 Å². The lowest BCUT2D eigenvalue weighted by Crippen LogP contribution is -2.26. The van der Waals surface area contributed by atoms with E-state index in [1.165, 1.54) is 6.07 Å². The number of anilines is 1. The van der Waals surface area contributed by atoms with Crippen molar-refractivity contribution in [3.63, 3.8) is 0 Å². The van der Waals surface area contributed by atoms with Crippen molar-refractivity contribution in [1.29, 1.82) is 0 Å². The number of nitrogens with zero attached hydrogens (tertiary/aromatic N) is 2. The normalized spacial score (nSPS) is 11.0. The predicted molar refractivity (Wildman–Crippen MR) is 65.1 cm³/mol. The predicted octanol–water partition coefficient (Wildman–Crippen LogP) is 0.488. The molecule has 0 aromatic carbocycles. The molecule has 0 spiro atoms. The number of carboxylic acids is 1. The van der Waals surface area contributed by atoms with Crippen LogP contribution in [0.25, 0.3) is 0 Å². The molecule has 1 heterocycles. The minimum absolute atomic E-state index is 0.0893. The van der Waals surface area contributed by atoms with Gasteiger partial charge >= 0.3 is 5.97 Å². The van der Waals surface area contributed by atoms with Gasteiger partial charge in [0, 0.05) is 6.54 Å². The second kappa shape index (κ2) is 5.44. The fourth-order valence-corrected chi connectivity index (χ4v) is 1.17. The fraction of sp³-hybridized carbons (Fsp3) is 0.455. The lowest BCUT2D eigenvalue weighted by molar-refractivity contribution is -0.147. The molecule has 1 aromatic heterocycles. The molecule has 18 heavy (non-hydrogen) atoms. The summed E-state index contributed by atoms with van der Waals surface area (Å²) < 4.78 is 0. The summed E-state index contributed by atoms with van der Waals surface area (Å²) in [5, 5.41) is 19.2. The van der Waals surface area contributed by atoms with Crippen molar-refractivity contribution in [1.82, 2.24) is 10.2 Å². The minimum Gasteiger partial charge on any atom is -0.481 e. The van der Waals surface area contributed by atoms with Crippen LogP contribution in [-0.4, -0.2) is 33.7 Å². The zero-order chi connectivity index (χ0) is 13.8. The van der Waals surface area contributed by atoms with E-state index in [2.05, 4.69) is 15.5 Å². The molecule has 0 atom stereocenters. The maximum absolute atomic E-state index is 10.9. The zero-order valence-electron chi connectivity index (χ0n) is 10.3. The zero-order valence-corrected chi connectivity index (χ0v) is 10.3. The van der Waals surface area contributed by atoms with E-state index in [0.29, 0.717) is 18.8 Å². The highest BCUT2D eigenvalue weighted by Crippen LogP contribution is 2.20. The number of carbonyl (C=O) groups excluding carboxylic acids is 1. The number of hydrogen-bond donors (Lipinski definition) is 3. The highest BCUT2D eigenvalue weighted by Gasteiger charge is 2.26. The van der Waals surface area contributed by atoms with Crippen molar-refractivity contribution in [3.8, 4) is 0 Å². The lowest BCUT2D eigenvalue weighted by atomic mass is 9.90. The van der Waals surface area contributed by atoms with Gasteiger partial charge in [-0.1, -0.05) is 0 Å². The van der Waals surface area contributed by atoms with Gasteiger partial charge in [-0.2, -0.15) is 0 Å². The Morgan fingerprint density at radius 3 is 2.50 bits per heavy atom. The van der Waals surface area contributed by atoms with Crippen LogP contribution in [0.3, 0.4) is 0 Å². The van der Waals surface area contributed by atoms with Gasteiger partial charge in [-0.3, -0.25) is 9.59 Å². The molecule has 0 fully saturated rings. The second-order valence-electron chi connectivity index (χ2n) is 4.53. The van der Waals surface area contributed by atoms with Crippen LogP contribution >= 0.6 is 0 Å². The molecule has 0 bridgehead atoms. The third kappa shape index (κ3) is 3.69. The van der Waals surface area contributed by atoms with E-state index in [9.17, 15) is 9.59 Å².